The van der Waals surface area contributed by atoms with Crippen molar-refractivity contribution in [2.24, 2.45) is 0 Å². The van der Waals surface area contributed by atoms with Gasteiger partial charge in [-0.05, 0) is 36.4 Å². The number of para-hydroxylation sites is 1. The first-order valence-electron chi connectivity index (χ1n) is 5.94. The van der Waals surface area contributed by atoms with Crippen molar-refractivity contribution in [3.63, 3.8) is 0 Å². The average molecular weight is 273 g/mol. The number of hydrogen-bond donors (Lipinski definition) is 1. The predicted octanol–water partition coefficient (Wildman–Crippen LogP) is 2.86. The molecule has 0 amide bonds. The van der Waals surface area contributed by atoms with E-state index in [9.17, 15) is 4.79 Å². The van der Waals surface area contributed by atoms with Crippen molar-refractivity contribution in [3.05, 3.63) is 48.0 Å². The summed E-state index contributed by atoms with van der Waals surface area (Å²) in [6.45, 7) is 0. The van der Waals surface area contributed by atoms with E-state index in [1.807, 2.05) is 0 Å². The fourth-order valence-electron chi connectivity index (χ4n) is 1.69. The van der Waals surface area contributed by atoms with Crippen LogP contribution in [0.4, 0.5) is 5.69 Å². The van der Waals surface area contributed by atoms with Gasteiger partial charge >= 0.3 is 5.97 Å². The Labute approximate surface area is 116 Å². The largest absolute Gasteiger partial charge is 0.497 e. The molecule has 5 nitrogen and oxygen atoms in total. The molecule has 0 saturated heterocycles. The number of ether oxygens (including phenoxy) is 3. The molecule has 2 aromatic carbocycles. The van der Waals surface area contributed by atoms with Crippen molar-refractivity contribution in [1.29, 1.82) is 0 Å². The molecular formula is C15H15NO4. The molecule has 2 aromatic rings. The summed E-state index contributed by atoms with van der Waals surface area (Å²) in [5, 5.41) is 0. The van der Waals surface area contributed by atoms with Crippen LogP contribution < -0.4 is 15.2 Å². The minimum atomic E-state index is -0.498. The Kier molecular flexibility index (Phi) is 4.10. The van der Waals surface area contributed by atoms with E-state index in [-0.39, 0.29) is 11.3 Å². The first kappa shape index (κ1) is 13.7. The number of rotatable bonds is 4. The van der Waals surface area contributed by atoms with E-state index in [1.54, 1.807) is 49.6 Å². The summed E-state index contributed by atoms with van der Waals surface area (Å²) < 4.78 is 15.4. The molecule has 0 aliphatic carbocycles. The summed E-state index contributed by atoms with van der Waals surface area (Å²) in [7, 11) is 2.90. The van der Waals surface area contributed by atoms with Crippen LogP contribution in [-0.4, -0.2) is 20.2 Å². The summed E-state index contributed by atoms with van der Waals surface area (Å²) in [6.07, 6.45) is 0. The SMILES string of the molecule is COC(=O)c1cccc(Oc2ccc(OC)cc2)c1N. The zero-order valence-electron chi connectivity index (χ0n) is 11.3. The molecule has 5 heteroatoms. The van der Waals surface area contributed by atoms with Crippen LogP contribution in [0.2, 0.25) is 0 Å². The Morgan fingerprint density at radius 2 is 1.65 bits per heavy atom. The normalized spacial score (nSPS) is 9.90. The molecule has 2 N–H and O–H groups in total. The molecule has 0 bridgehead atoms. The number of nitrogen functional groups attached to an aromatic ring is 1. The minimum Gasteiger partial charge on any atom is -0.497 e. The highest BCUT2D eigenvalue weighted by Crippen LogP contribution is 2.31. The summed E-state index contributed by atoms with van der Waals surface area (Å²) in [4.78, 5) is 11.5. The van der Waals surface area contributed by atoms with Crippen LogP contribution in [0.3, 0.4) is 0 Å². The van der Waals surface area contributed by atoms with Gasteiger partial charge in [0.1, 0.15) is 11.5 Å². The van der Waals surface area contributed by atoms with Crippen LogP contribution >= 0.6 is 0 Å². The van der Waals surface area contributed by atoms with Crippen molar-refractivity contribution < 1.29 is 19.0 Å². The maximum Gasteiger partial charge on any atom is 0.340 e. The number of carbonyl (C=O) groups excluding carboxylic acids is 1. The second-order valence-corrected chi connectivity index (χ2v) is 3.99. The highest BCUT2D eigenvalue weighted by molar-refractivity contribution is 5.96. The van der Waals surface area contributed by atoms with Gasteiger partial charge in [-0.25, -0.2) is 4.79 Å². The number of carbonyl (C=O) groups is 1. The predicted molar refractivity (Wildman–Crippen MR) is 75.3 cm³/mol. The second-order valence-electron chi connectivity index (χ2n) is 3.99. The fourth-order valence-corrected chi connectivity index (χ4v) is 1.69. The Bertz CT molecular complexity index is 608. The van der Waals surface area contributed by atoms with Crippen LogP contribution in [0.15, 0.2) is 42.5 Å². The van der Waals surface area contributed by atoms with Gasteiger partial charge in [-0.1, -0.05) is 6.07 Å². The molecule has 20 heavy (non-hydrogen) atoms. The van der Waals surface area contributed by atoms with Crippen LogP contribution in [0.25, 0.3) is 0 Å². The van der Waals surface area contributed by atoms with E-state index in [0.29, 0.717) is 11.5 Å². The molecule has 0 saturated carbocycles. The van der Waals surface area contributed by atoms with E-state index in [0.717, 1.165) is 5.75 Å². The van der Waals surface area contributed by atoms with E-state index >= 15 is 0 Å². The summed E-state index contributed by atoms with van der Waals surface area (Å²) in [5.41, 5.74) is 6.44. The summed E-state index contributed by atoms with van der Waals surface area (Å²) in [5.74, 6) is 1.23. The van der Waals surface area contributed by atoms with Gasteiger partial charge in [0.05, 0.1) is 25.5 Å². The molecule has 0 spiro atoms. The molecule has 0 heterocycles. The number of nitrogens with two attached hydrogens (primary N) is 1. The van der Waals surface area contributed by atoms with Crippen molar-refractivity contribution in [2.45, 2.75) is 0 Å². The van der Waals surface area contributed by atoms with Gasteiger partial charge in [0.2, 0.25) is 0 Å². The molecule has 0 fully saturated rings. The highest BCUT2D eigenvalue weighted by Gasteiger charge is 2.14. The molecule has 0 radical (unpaired) electrons. The first-order chi connectivity index (χ1) is 9.65. The highest BCUT2D eigenvalue weighted by atomic mass is 16.5. The zero-order valence-corrected chi connectivity index (χ0v) is 11.3. The summed E-state index contributed by atoms with van der Waals surface area (Å²) in [6, 6.07) is 12.0. The number of hydrogen-bond acceptors (Lipinski definition) is 5. The number of anilines is 1. The third-order valence-corrected chi connectivity index (χ3v) is 2.76. The number of methoxy groups -OCH3 is 2. The lowest BCUT2D eigenvalue weighted by Crippen LogP contribution is -2.06. The van der Waals surface area contributed by atoms with Gasteiger partial charge in [-0.2, -0.15) is 0 Å². The topological polar surface area (TPSA) is 70.8 Å². The third-order valence-electron chi connectivity index (χ3n) is 2.76. The average Bonchev–Trinajstić information content (AvgIpc) is 2.49. The molecule has 0 aliphatic heterocycles. The molecular weight excluding hydrogens is 258 g/mol. The Morgan fingerprint density at radius 3 is 2.25 bits per heavy atom. The van der Waals surface area contributed by atoms with Crippen molar-refractivity contribution >= 4 is 11.7 Å². The van der Waals surface area contributed by atoms with Gasteiger partial charge in [-0.15, -0.1) is 0 Å². The first-order valence-corrected chi connectivity index (χ1v) is 5.94. The van der Waals surface area contributed by atoms with Crippen molar-refractivity contribution in [3.8, 4) is 17.2 Å². The third kappa shape index (κ3) is 2.83. The zero-order chi connectivity index (χ0) is 14.5. The number of esters is 1. The second kappa shape index (κ2) is 5.97. The molecule has 0 atom stereocenters. The van der Waals surface area contributed by atoms with Gasteiger partial charge in [0.15, 0.2) is 5.75 Å². The number of benzene rings is 2. The molecule has 0 unspecified atom stereocenters. The molecule has 2 rings (SSSR count). The minimum absolute atomic E-state index is 0.246. The van der Waals surface area contributed by atoms with Gasteiger partial charge in [0.25, 0.3) is 0 Å². The monoisotopic (exact) mass is 273 g/mol. The lowest BCUT2D eigenvalue weighted by atomic mass is 10.1. The Morgan fingerprint density at radius 1 is 1.00 bits per heavy atom. The summed E-state index contributed by atoms with van der Waals surface area (Å²) >= 11 is 0. The Balaban J connectivity index is 2.26. The lowest BCUT2D eigenvalue weighted by Gasteiger charge is -2.11. The van der Waals surface area contributed by atoms with Crippen LogP contribution in [0, 0.1) is 0 Å². The van der Waals surface area contributed by atoms with Gasteiger partial charge < -0.3 is 19.9 Å². The van der Waals surface area contributed by atoms with Crippen LogP contribution in [0.5, 0.6) is 17.2 Å². The maximum absolute atomic E-state index is 11.5. The fraction of sp³-hybridized carbons (Fsp3) is 0.133. The smallest absolute Gasteiger partial charge is 0.340 e. The van der Waals surface area contributed by atoms with E-state index in [1.165, 1.54) is 7.11 Å². The standard InChI is InChI=1S/C15H15NO4/c1-18-10-6-8-11(9-7-10)20-13-5-3-4-12(14(13)16)15(17)19-2/h3-9H,16H2,1-2H3. The van der Waals surface area contributed by atoms with Crippen LogP contribution in [0.1, 0.15) is 10.4 Å². The Hall–Kier alpha value is -2.69. The van der Waals surface area contributed by atoms with Crippen molar-refractivity contribution in [2.75, 3.05) is 20.0 Å². The molecule has 0 aliphatic rings. The van der Waals surface area contributed by atoms with E-state index < -0.39 is 5.97 Å². The van der Waals surface area contributed by atoms with Crippen LogP contribution in [-0.2, 0) is 4.74 Å². The van der Waals surface area contributed by atoms with Gasteiger partial charge in [-0.3, -0.25) is 0 Å². The van der Waals surface area contributed by atoms with Gasteiger partial charge in [0, 0.05) is 0 Å². The molecule has 104 valence electrons. The lowest BCUT2D eigenvalue weighted by molar-refractivity contribution is 0.0601. The van der Waals surface area contributed by atoms with Crippen molar-refractivity contribution in [1.82, 2.24) is 0 Å². The quantitative estimate of drug-likeness (QED) is 0.685. The maximum atomic E-state index is 11.5. The van der Waals surface area contributed by atoms with E-state index in [2.05, 4.69) is 4.74 Å². The van der Waals surface area contributed by atoms with E-state index in [4.69, 9.17) is 15.2 Å². The molecule has 0 aromatic heterocycles.